The first kappa shape index (κ1) is 14.6. The quantitative estimate of drug-likeness (QED) is 0.841. The van der Waals surface area contributed by atoms with Gasteiger partial charge in [0.15, 0.2) is 11.2 Å². The number of nitrogen functional groups attached to an aromatic ring is 1. The highest BCUT2D eigenvalue weighted by Gasteiger charge is 2.20. The van der Waals surface area contributed by atoms with E-state index in [0.29, 0.717) is 23.4 Å². The molecule has 0 saturated carbocycles. The molecule has 0 amide bonds. The van der Waals surface area contributed by atoms with E-state index in [1.807, 2.05) is 4.57 Å². The minimum atomic E-state index is 0.338. The van der Waals surface area contributed by atoms with Crippen LogP contribution in [0, 0.1) is 0 Å². The summed E-state index contributed by atoms with van der Waals surface area (Å²) in [5, 5.41) is 0. The lowest BCUT2D eigenvalue weighted by Crippen LogP contribution is -2.12. The summed E-state index contributed by atoms with van der Waals surface area (Å²) in [5.74, 6) is 0.972. The van der Waals surface area contributed by atoms with Crippen LogP contribution in [-0.2, 0) is 0 Å². The monoisotopic (exact) mass is 277 g/mol. The smallest absolute Gasteiger partial charge is 0.245 e. The Morgan fingerprint density at radius 1 is 1.25 bits per heavy atom. The third-order valence-corrected chi connectivity index (χ3v) is 3.54. The van der Waals surface area contributed by atoms with Crippen LogP contribution in [0.4, 0.5) is 5.95 Å². The molecule has 0 aromatic carbocycles. The van der Waals surface area contributed by atoms with Crippen LogP contribution < -0.4 is 10.5 Å². The van der Waals surface area contributed by atoms with Crippen molar-refractivity contribution >= 4 is 17.1 Å². The number of fused-ring (bicyclic) bond motifs is 1. The van der Waals surface area contributed by atoms with Crippen LogP contribution in [0.25, 0.3) is 11.2 Å². The van der Waals surface area contributed by atoms with Gasteiger partial charge >= 0.3 is 0 Å². The highest BCUT2D eigenvalue weighted by Crippen LogP contribution is 2.30. The largest absolute Gasteiger partial charge is 0.479 e. The van der Waals surface area contributed by atoms with Crippen molar-refractivity contribution in [1.82, 2.24) is 19.5 Å². The molecule has 0 saturated heterocycles. The molecule has 2 aromatic rings. The molecule has 0 radical (unpaired) electrons. The summed E-state index contributed by atoms with van der Waals surface area (Å²) in [7, 11) is 1.58. The SMILES string of the molecule is CCCCC(CCC)n1c(N)nc2c(OC)ncnc21. The van der Waals surface area contributed by atoms with Gasteiger partial charge in [0.25, 0.3) is 0 Å². The van der Waals surface area contributed by atoms with Crippen molar-refractivity contribution in [2.45, 2.75) is 52.0 Å². The summed E-state index contributed by atoms with van der Waals surface area (Å²) < 4.78 is 7.27. The van der Waals surface area contributed by atoms with Crippen molar-refractivity contribution in [3.05, 3.63) is 6.33 Å². The predicted octanol–water partition coefficient (Wildman–Crippen LogP) is 2.95. The summed E-state index contributed by atoms with van der Waals surface area (Å²) in [4.78, 5) is 12.8. The first-order valence-electron chi connectivity index (χ1n) is 7.25. The summed E-state index contributed by atoms with van der Waals surface area (Å²) in [6.07, 6.45) is 7.11. The Labute approximate surface area is 119 Å². The minimum Gasteiger partial charge on any atom is -0.479 e. The summed E-state index contributed by atoms with van der Waals surface area (Å²) in [6.45, 7) is 4.38. The number of anilines is 1. The number of aromatic nitrogens is 4. The highest BCUT2D eigenvalue weighted by atomic mass is 16.5. The Hall–Kier alpha value is -1.85. The Morgan fingerprint density at radius 3 is 2.70 bits per heavy atom. The number of nitrogens with zero attached hydrogens (tertiary/aromatic N) is 4. The van der Waals surface area contributed by atoms with E-state index in [1.165, 1.54) is 19.2 Å². The zero-order valence-electron chi connectivity index (χ0n) is 12.5. The van der Waals surface area contributed by atoms with Crippen molar-refractivity contribution in [1.29, 1.82) is 0 Å². The van der Waals surface area contributed by atoms with Gasteiger partial charge in [0.05, 0.1) is 7.11 Å². The first-order chi connectivity index (χ1) is 9.72. The number of methoxy groups -OCH3 is 1. The van der Waals surface area contributed by atoms with Crippen LogP contribution in [0.2, 0.25) is 0 Å². The molecule has 0 aliphatic rings. The van der Waals surface area contributed by atoms with Gasteiger partial charge in [-0.2, -0.15) is 4.98 Å². The lowest BCUT2D eigenvalue weighted by molar-refractivity contribution is 0.401. The number of unbranched alkanes of at least 4 members (excludes halogenated alkanes) is 1. The van der Waals surface area contributed by atoms with Crippen molar-refractivity contribution in [2.24, 2.45) is 0 Å². The fourth-order valence-electron chi connectivity index (χ4n) is 2.59. The number of nitrogens with two attached hydrogens (primary N) is 1. The van der Waals surface area contributed by atoms with Gasteiger partial charge in [-0.3, -0.25) is 4.57 Å². The second-order valence-electron chi connectivity index (χ2n) is 4.98. The van der Waals surface area contributed by atoms with E-state index in [-0.39, 0.29) is 0 Å². The normalized spacial score (nSPS) is 12.8. The molecule has 0 spiro atoms. The van der Waals surface area contributed by atoms with Crippen LogP contribution in [0.5, 0.6) is 5.88 Å². The van der Waals surface area contributed by atoms with Gasteiger partial charge in [-0.1, -0.05) is 33.1 Å². The van der Waals surface area contributed by atoms with Crippen molar-refractivity contribution < 1.29 is 4.74 Å². The van der Waals surface area contributed by atoms with Crippen molar-refractivity contribution in [2.75, 3.05) is 12.8 Å². The van der Waals surface area contributed by atoms with Crippen LogP contribution in [0.3, 0.4) is 0 Å². The summed E-state index contributed by atoms with van der Waals surface area (Å²) >= 11 is 0. The molecular weight excluding hydrogens is 254 g/mol. The summed E-state index contributed by atoms with van der Waals surface area (Å²) in [5.41, 5.74) is 7.52. The standard InChI is InChI=1S/C14H23N5O/c1-4-6-8-10(7-5-2)19-12-11(18-14(19)15)13(20-3)17-9-16-12/h9-10H,4-8H2,1-3H3,(H2,15,18). The maximum Gasteiger partial charge on any atom is 0.245 e. The third kappa shape index (κ3) is 2.69. The van der Waals surface area contributed by atoms with E-state index in [1.54, 1.807) is 7.11 Å². The summed E-state index contributed by atoms with van der Waals surface area (Å²) in [6, 6.07) is 0.338. The maximum atomic E-state index is 6.11. The van der Waals surface area contributed by atoms with E-state index < -0.39 is 0 Å². The molecule has 6 heteroatoms. The van der Waals surface area contributed by atoms with Gasteiger partial charge in [-0.15, -0.1) is 0 Å². The molecule has 2 rings (SSSR count). The molecule has 2 aromatic heterocycles. The molecule has 110 valence electrons. The average molecular weight is 277 g/mol. The first-order valence-corrected chi connectivity index (χ1v) is 7.25. The molecule has 20 heavy (non-hydrogen) atoms. The third-order valence-electron chi connectivity index (χ3n) is 3.54. The Kier molecular flexibility index (Phi) is 4.76. The fourth-order valence-corrected chi connectivity index (χ4v) is 2.59. The Morgan fingerprint density at radius 2 is 2.05 bits per heavy atom. The predicted molar refractivity (Wildman–Crippen MR) is 79.8 cm³/mol. The molecule has 0 fully saturated rings. The number of rotatable bonds is 7. The Bertz CT molecular complexity index is 566. The number of ether oxygens (including phenoxy) is 1. The van der Waals surface area contributed by atoms with Crippen LogP contribution >= 0.6 is 0 Å². The van der Waals surface area contributed by atoms with Crippen LogP contribution in [0.15, 0.2) is 6.33 Å². The van der Waals surface area contributed by atoms with Gasteiger partial charge < -0.3 is 10.5 Å². The zero-order chi connectivity index (χ0) is 14.5. The minimum absolute atomic E-state index is 0.338. The van der Waals surface area contributed by atoms with Gasteiger partial charge in [0, 0.05) is 6.04 Å². The highest BCUT2D eigenvalue weighted by molar-refractivity contribution is 5.79. The van der Waals surface area contributed by atoms with Crippen molar-refractivity contribution in [3.63, 3.8) is 0 Å². The van der Waals surface area contributed by atoms with E-state index in [4.69, 9.17) is 10.5 Å². The van der Waals surface area contributed by atoms with E-state index in [9.17, 15) is 0 Å². The lowest BCUT2D eigenvalue weighted by atomic mass is 10.1. The molecular formula is C14H23N5O. The van der Waals surface area contributed by atoms with E-state index >= 15 is 0 Å². The maximum absolute atomic E-state index is 6.11. The van der Waals surface area contributed by atoms with Crippen molar-refractivity contribution in [3.8, 4) is 5.88 Å². The molecule has 6 nitrogen and oxygen atoms in total. The molecule has 2 heterocycles. The molecule has 2 N–H and O–H groups in total. The zero-order valence-corrected chi connectivity index (χ0v) is 12.5. The second kappa shape index (κ2) is 6.54. The molecule has 1 atom stereocenters. The van der Waals surface area contributed by atoms with Gasteiger partial charge in [-0.25, -0.2) is 9.97 Å². The topological polar surface area (TPSA) is 78.9 Å². The lowest BCUT2D eigenvalue weighted by Gasteiger charge is -2.19. The molecule has 1 unspecified atom stereocenters. The van der Waals surface area contributed by atoms with Gasteiger partial charge in [-0.05, 0) is 12.8 Å². The van der Waals surface area contributed by atoms with Crippen LogP contribution in [-0.4, -0.2) is 26.6 Å². The Balaban J connectivity index is 2.48. The molecule has 0 aliphatic carbocycles. The molecule has 0 aliphatic heterocycles. The fraction of sp³-hybridized carbons (Fsp3) is 0.643. The molecule has 0 bridgehead atoms. The average Bonchev–Trinajstić information content (AvgIpc) is 2.79. The van der Waals surface area contributed by atoms with Gasteiger partial charge in [0.2, 0.25) is 11.8 Å². The number of hydrogen-bond donors (Lipinski definition) is 1. The van der Waals surface area contributed by atoms with E-state index in [2.05, 4.69) is 28.8 Å². The number of hydrogen-bond acceptors (Lipinski definition) is 5. The van der Waals surface area contributed by atoms with Gasteiger partial charge in [0.1, 0.15) is 6.33 Å². The number of imidazole rings is 1. The van der Waals surface area contributed by atoms with E-state index in [0.717, 1.165) is 24.9 Å². The second-order valence-corrected chi connectivity index (χ2v) is 4.98. The van der Waals surface area contributed by atoms with Crippen LogP contribution in [0.1, 0.15) is 52.0 Å².